The Morgan fingerprint density at radius 1 is 1.55 bits per heavy atom. The lowest BCUT2D eigenvalue weighted by molar-refractivity contribution is -0.190. The smallest absolute Gasteiger partial charge is 0.330 e. The van der Waals surface area contributed by atoms with Crippen LogP contribution in [0.1, 0.15) is 43.2 Å². The summed E-state index contributed by atoms with van der Waals surface area (Å²) in [6, 6.07) is 0. The van der Waals surface area contributed by atoms with Crippen molar-refractivity contribution in [3.63, 3.8) is 0 Å². The molecule has 1 aromatic rings. The number of carboxylic acids is 1. The normalized spacial score (nSPS) is 26.3. The zero-order valence-corrected chi connectivity index (χ0v) is 13.6. The van der Waals surface area contributed by atoms with Crippen molar-refractivity contribution < 1.29 is 19.4 Å². The number of nitrogens with zero attached hydrogens (tertiary/aromatic N) is 2. The molecule has 2 unspecified atom stereocenters. The van der Waals surface area contributed by atoms with Crippen LogP contribution in [0.15, 0.2) is 6.20 Å². The van der Waals surface area contributed by atoms with Crippen molar-refractivity contribution in [3.8, 4) is 0 Å². The summed E-state index contributed by atoms with van der Waals surface area (Å²) in [5, 5.41) is 16.5. The highest BCUT2D eigenvalue weighted by Gasteiger charge is 2.66. The number of carbonyl (C=O) groups is 2. The molecular formula is C15H23N3O4. The van der Waals surface area contributed by atoms with Gasteiger partial charge < -0.3 is 15.2 Å². The Bertz CT molecular complexity index is 608. The molecule has 7 heteroatoms. The summed E-state index contributed by atoms with van der Waals surface area (Å²) in [5.41, 5.74) is -1.06. The van der Waals surface area contributed by atoms with Gasteiger partial charge in [0.1, 0.15) is 5.54 Å². The first-order valence-electron chi connectivity index (χ1n) is 7.33. The predicted octanol–water partition coefficient (Wildman–Crippen LogP) is 1.12. The van der Waals surface area contributed by atoms with Gasteiger partial charge in [-0.15, -0.1) is 0 Å². The van der Waals surface area contributed by atoms with Crippen molar-refractivity contribution in [2.45, 2.75) is 45.8 Å². The minimum absolute atomic E-state index is 0.191. The maximum absolute atomic E-state index is 12.5. The highest BCUT2D eigenvalue weighted by Crippen LogP contribution is 2.51. The van der Waals surface area contributed by atoms with E-state index in [-0.39, 0.29) is 12.5 Å². The number of ether oxygens (including phenoxy) is 1. The van der Waals surface area contributed by atoms with E-state index in [1.54, 1.807) is 34.0 Å². The molecule has 2 N–H and O–H groups in total. The van der Waals surface area contributed by atoms with E-state index in [1.807, 2.05) is 6.92 Å². The second-order valence-electron chi connectivity index (χ2n) is 6.34. The molecule has 0 aliphatic heterocycles. The van der Waals surface area contributed by atoms with Crippen molar-refractivity contribution in [2.24, 2.45) is 12.5 Å². The fraction of sp³-hybridized carbons (Fsp3) is 0.667. The number of hydrogen-bond acceptors (Lipinski definition) is 4. The van der Waals surface area contributed by atoms with Gasteiger partial charge in [-0.05, 0) is 13.8 Å². The molecule has 2 rings (SSSR count). The van der Waals surface area contributed by atoms with Crippen molar-refractivity contribution >= 4 is 11.9 Å². The van der Waals surface area contributed by atoms with Gasteiger partial charge in [0.05, 0.1) is 17.4 Å². The average molecular weight is 309 g/mol. The van der Waals surface area contributed by atoms with Crippen LogP contribution in [0.5, 0.6) is 0 Å². The third-order valence-electron chi connectivity index (χ3n) is 4.71. The Morgan fingerprint density at radius 2 is 2.18 bits per heavy atom. The Kier molecular flexibility index (Phi) is 4.04. The third-order valence-corrected chi connectivity index (χ3v) is 4.71. The molecule has 2 atom stereocenters. The Hall–Kier alpha value is -1.89. The molecule has 1 fully saturated rings. The SMILES string of the molecule is CCOC1CC(NC(=O)c2cn(C)nc2C)(C(=O)O)C1(C)C. The van der Waals surface area contributed by atoms with Crippen LogP contribution in [-0.4, -0.2) is 45.0 Å². The van der Waals surface area contributed by atoms with Crippen molar-refractivity contribution in [3.05, 3.63) is 17.5 Å². The van der Waals surface area contributed by atoms with Crippen LogP contribution in [0.25, 0.3) is 0 Å². The van der Waals surface area contributed by atoms with Crippen LogP contribution in [0.3, 0.4) is 0 Å². The van der Waals surface area contributed by atoms with Gasteiger partial charge in [-0.3, -0.25) is 9.48 Å². The Balaban J connectivity index is 2.26. The monoisotopic (exact) mass is 309 g/mol. The predicted molar refractivity (Wildman–Crippen MR) is 79.6 cm³/mol. The second kappa shape index (κ2) is 5.39. The van der Waals surface area contributed by atoms with E-state index in [1.165, 1.54) is 4.68 Å². The standard InChI is InChI=1S/C15H23N3O4/c1-6-22-11-7-15(13(20)21,14(11,3)4)16-12(19)10-8-18(5)17-9(10)2/h8,11H,6-7H2,1-5H3,(H,16,19)(H,20,21). The molecule has 122 valence electrons. The van der Waals surface area contributed by atoms with E-state index < -0.39 is 22.8 Å². The summed E-state index contributed by atoms with van der Waals surface area (Å²) in [7, 11) is 1.72. The molecular weight excluding hydrogens is 286 g/mol. The lowest BCUT2D eigenvalue weighted by atomic mass is 9.54. The molecule has 0 radical (unpaired) electrons. The summed E-state index contributed by atoms with van der Waals surface area (Å²) < 4.78 is 7.12. The fourth-order valence-electron chi connectivity index (χ4n) is 3.12. The minimum atomic E-state index is -1.33. The zero-order valence-electron chi connectivity index (χ0n) is 13.6. The number of aryl methyl sites for hydroxylation is 2. The molecule has 22 heavy (non-hydrogen) atoms. The summed E-state index contributed by atoms with van der Waals surface area (Å²) in [4.78, 5) is 24.3. The van der Waals surface area contributed by atoms with Crippen LogP contribution in [0, 0.1) is 12.3 Å². The van der Waals surface area contributed by atoms with Crippen LogP contribution < -0.4 is 5.32 Å². The van der Waals surface area contributed by atoms with Gasteiger partial charge in [0, 0.05) is 31.7 Å². The molecule has 0 spiro atoms. The number of hydrogen-bond donors (Lipinski definition) is 2. The van der Waals surface area contributed by atoms with Gasteiger partial charge in [0.2, 0.25) is 0 Å². The minimum Gasteiger partial charge on any atom is -0.479 e. The number of nitrogens with one attached hydrogen (secondary N) is 1. The number of carbonyl (C=O) groups excluding carboxylic acids is 1. The molecule has 0 aromatic carbocycles. The lowest BCUT2D eigenvalue weighted by Crippen LogP contribution is -2.76. The highest BCUT2D eigenvalue weighted by atomic mass is 16.5. The summed E-state index contributed by atoms with van der Waals surface area (Å²) in [6.07, 6.45) is 1.66. The maximum atomic E-state index is 12.5. The van der Waals surface area contributed by atoms with Crippen molar-refractivity contribution in [1.82, 2.24) is 15.1 Å². The van der Waals surface area contributed by atoms with Gasteiger partial charge in [0.15, 0.2) is 0 Å². The van der Waals surface area contributed by atoms with E-state index in [0.717, 1.165) is 0 Å². The van der Waals surface area contributed by atoms with Crippen LogP contribution >= 0.6 is 0 Å². The fourth-order valence-corrected chi connectivity index (χ4v) is 3.12. The van der Waals surface area contributed by atoms with Crippen LogP contribution in [0.2, 0.25) is 0 Å². The number of amides is 1. The highest BCUT2D eigenvalue weighted by molar-refractivity contribution is 5.99. The molecule has 1 amide bonds. The van der Waals surface area contributed by atoms with E-state index in [0.29, 0.717) is 17.9 Å². The Labute approximate surface area is 129 Å². The first kappa shape index (κ1) is 16.5. The number of aliphatic carboxylic acids is 1. The quantitative estimate of drug-likeness (QED) is 0.850. The second-order valence-corrected chi connectivity index (χ2v) is 6.34. The molecule has 1 aliphatic carbocycles. The van der Waals surface area contributed by atoms with Gasteiger partial charge >= 0.3 is 5.97 Å². The number of rotatable bonds is 5. The first-order valence-corrected chi connectivity index (χ1v) is 7.33. The van der Waals surface area contributed by atoms with Crippen LogP contribution in [-0.2, 0) is 16.6 Å². The van der Waals surface area contributed by atoms with E-state index in [4.69, 9.17) is 4.74 Å². The van der Waals surface area contributed by atoms with Gasteiger partial charge in [-0.2, -0.15) is 5.10 Å². The van der Waals surface area contributed by atoms with Gasteiger partial charge in [-0.25, -0.2) is 4.79 Å². The molecule has 0 bridgehead atoms. The summed E-state index contributed by atoms with van der Waals surface area (Å²) >= 11 is 0. The molecule has 1 aromatic heterocycles. The van der Waals surface area contributed by atoms with Crippen molar-refractivity contribution in [2.75, 3.05) is 6.61 Å². The largest absolute Gasteiger partial charge is 0.479 e. The lowest BCUT2D eigenvalue weighted by Gasteiger charge is -2.58. The van der Waals surface area contributed by atoms with Gasteiger partial charge in [-0.1, -0.05) is 13.8 Å². The average Bonchev–Trinajstić information content (AvgIpc) is 2.75. The molecule has 1 aliphatic rings. The topological polar surface area (TPSA) is 93.5 Å². The Morgan fingerprint density at radius 3 is 2.59 bits per heavy atom. The number of aromatic nitrogens is 2. The first-order chi connectivity index (χ1) is 10.2. The maximum Gasteiger partial charge on any atom is 0.330 e. The molecule has 7 nitrogen and oxygen atoms in total. The van der Waals surface area contributed by atoms with Crippen LogP contribution in [0.4, 0.5) is 0 Å². The molecule has 1 heterocycles. The van der Waals surface area contributed by atoms with E-state index in [2.05, 4.69) is 10.4 Å². The number of carboxylic acid groups (broad SMARTS) is 1. The van der Waals surface area contributed by atoms with E-state index >= 15 is 0 Å². The summed E-state index contributed by atoms with van der Waals surface area (Å²) in [6.45, 7) is 7.72. The van der Waals surface area contributed by atoms with E-state index in [9.17, 15) is 14.7 Å². The third kappa shape index (κ3) is 2.29. The molecule has 0 saturated heterocycles. The summed E-state index contributed by atoms with van der Waals surface area (Å²) in [5.74, 6) is -1.46. The molecule has 1 saturated carbocycles. The van der Waals surface area contributed by atoms with Gasteiger partial charge in [0.25, 0.3) is 5.91 Å². The van der Waals surface area contributed by atoms with Crippen molar-refractivity contribution in [1.29, 1.82) is 0 Å². The zero-order chi connectivity index (χ0) is 16.7.